The zero-order valence-corrected chi connectivity index (χ0v) is 15.1. The lowest BCUT2D eigenvalue weighted by atomic mass is 9.93. The van der Waals surface area contributed by atoms with Gasteiger partial charge in [-0.1, -0.05) is 13.8 Å². The predicted molar refractivity (Wildman–Crippen MR) is 96.3 cm³/mol. The molecule has 0 aliphatic carbocycles. The Hall–Kier alpha value is -2.65. The van der Waals surface area contributed by atoms with Crippen molar-refractivity contribution in [1.82, 2.24) is 9.97 Å². The van der Waals surface area contributed by atoms with Gasteiger partial charge in [0.2, 0.25) is 11.8 Å². The monoisotopic (exact) mass is 340 g/mol. The molecule has 1 atom stereocenters. The number of hydrogen-bond donors (Lipinski definition) is 1. The first kappa shape index (κ1) is 18.7. The Morgan fingerprint density at radius 3 is 2.68 bits per heavy atom. The van der Waals surface area contributed by atoms with Crippen molar-refractivity contribution >= 4 is 0 Å². The predicted octanol–water partition coefficient (Wildman–Crippen LogP) is 3.17. The average molecular weight is 340 g/mol. The summed E-state index contributed by atoms with van der Waals surface area (Å²) < 4.78 is 10.9. The third-order valence-corrected chi connectivity index (χ3v) is 3.66. The number of nitriles is 1. The number of methoxy groups -OCH3 is 1. The van der Waals surface area contributed by atoms with Crippen molar-refractivity contribution in [2.24, 2.45) is 11.7 Å². The van der Waals surface area contributed by atoms with Crippen LogP contribution in [0.4, 0.5) is 0 Å². The van der Waals surface area contributed by atoms with Gasteiger partial charge in [0.1, 0.15) is 18.2 Å². The van der Waals surface area contributed by atoms with Crippen molar-refractivity contribution in [3.63, 3.8) is 0 Å². The highest BCUT2D eigenvalue weighted by atomic mass is 16.5. The Morgan fingerprint density at radius 2 is 2.04 bits per heavy atom. The number of nitrogens with two attached hydrogens (primary N) is 1. The van der Waals surface area contributed by atoms with Crippen LogP contribution in [0.5, 0.6) is 11.8 Å². The van der Waals surface area contributed by atoms with Crippen LogP contribution in [0.2, 0.25) is 0 Å². The fraction of sp³-hybridized carbons (Fsp3) is 0.421. The molecule has 0 saturated carbocycles. The van der Waals surface area contributed by atoms with Crippen molar-refractivity contribution < 1.29 is 9.47 Å². The molecule has 0 fully saturated rings. The maximum atomic E-state index is 9.43. The largest absolute Gasteiger partial charge is 0.481 e. The van der Waals surface area contributed by atoms with E-state index < -0.39 is 5.54 Å². The summed E-state index contributed by atoms with van der Waals surface area (Å²) in [5.74, 6) is 1.27. The van der Waals surface area contributed by atoms with E-state index in [2.05, 4.69) is 29.9 Å². The number of aromatic nitrogens is 2. The van der Waals surface area contributed by atoms with Gasteiger partial charge in [0, 0.05) is 29.6 Å². The molecule has 0 aliphatic heterocycles. The molecule has 132 valence electrons. The van der Waals surface area contributed by atoms with Crippen LogP contribution in [0.3, 0.4) is 0 Å². The normalized spacial score (nSPS) is 13.2. The van der Waals surface area contributed by atoms with Gasteiger partial charge in [-0.2, -0.15) is 5.26 Å². The van der Waals surface area contributed by atoms with E-state index in [1.165, 1.54) is 0 Å². The molecule has 0 bridgehead atoms. The summed E-state index contributed by atoms with van der Waals surface area (Å²) in [5, 5.41) is 9.43. The maximum absolute atomic E-state index is 9.43. The van der Waals surface area contributed by atoms with Gasteiger partial charge in [-0.3, -0.25) is 0 Å². The first-order valence-electron chi connectivity index (χ1n) is 8.17. The van der Waals surface area contributed by atoms with Crippen LogP contribution in [0, 0.1) is 17.2 Å². The molecule has 0 saturated heterocycles. The lowest BCUT2D eigenvalue weighted by Crippen LogP contribution is -2.43. The summed E-state index contributed by atoms with van der Waals surface area (Å²) in [7, 11) is 1.56. The molecule has 6 nitrogen and oxygen atoms in total. The third kappa shape index (κ3) is 5.16. The Bertz CT molecular complexity index is 766. The summed E-state index contributed by atoms with van der Waals surface area (Å²) >= 11 is 0. The molecule has 0 radical (unpaired) electrons. The molecule has 1 unspecified atom stereocenters. The van der Waals surface area contributed by atoms with Gasteiger partial charge in [-0.05, 0) is 37.0 Å². The van der Waals surface area contributed by atoms with E-state index in [1.54, 1.807) is 31.6 Å². The maximum Gasteiger partial charge on any atom is 0.231 e. The minimum atomic E-state index is -0.473. The number of nitrogens with zero attached hydrogens (tertiary/aromatic N) is 3. The van der Waals surface area contributed by atoms with Gasteiger partial charge < -0.3 is 15.2 Å². The molecule has 2 heterocycles. The van der Waals surface area contributed by atoms with Crippen LogP contribution >= 0.6 is 0 Å². The van der Waals surface area contributed by atoms with Crippen LogP contribution in [0.15, 0.2) is 30.6 Å². The van der Waals surface area contributed by atoms with Crippen molar-refractivity contribution in [1.29, 1.82) is 5.26 Å². The SMILES string of the molecule is COc1cc(-c2cnc(OCC(C)(N)CC(C)C)c(C#N)c2)ccn1. The highest BCUT2D eigenvalue weighted by Gasteiger charge is 2.22. The van der Waals surface area contributed by atoms with E-state index in [9.17, 15) is 5.26 Å². The Kier molecular flexibility index (Phi) is 5.94. The summed E-state index contributed by atoms with van der Waals surface area (Å²) in [6.07, 6.45) is 4.14. The zero-order chi connectivity index (χ0) is 18.4. The van der Waals surface area contributed by atoms with Gasteiger partial charge >= 0.3 is 0 Å². The van der Waals surface area contributed by atoms with Gasteiger partial charge in [0.25, 0.3) is 0 Å². The van der Waals surface area contributed by atoms with Gasteiger partial charge in [-0.25, -0.2) is 9.97 Å². The molecule has 2 aromatic rings. The lowest BCUT2D eigenvalue weighted by molar-refractivity contribution is 0.200. The van der Waals surface area contributed by atoms with Crippen LogP contribution in [-0.4, -0.2) is 29.2 Å². The third-order valence-electron chi connectivity index (χ3n) is 3.66. The van der Waals surface area contributed by atoms with Crippen molar-refractivity contribution in [2.45, 2.75) is 32.7 Å². The number of pyridine rings is 2. The first-order chi connectivity index (χ1) is 11.8. The lowest BCUT2D eigenvalue weighted by Gasteiger charge is -2.26. The minimum Gasteiger partial charge on any atom is -0.481 e. The van der Waals surface area contributed by atoms with E-state index in [1.807, 2.05) is 13.0 Å². The molecule has 0 aromatic carbocycles. The fourth-order valence-corrected chi connectivity index (χ4v) is 2.73. The van der Waals surface area contributed by atoms with Gasteiger partial charge in [0.05, 0.1) is 7.11 Å². The number of hydrogen-bond acceptors (Lipinski definition) is 6. The second kappa shape index (κ2) is 7.95. The van der Waals surface area contributed by atoms with Crippen molar-refractivity contribution in [3.8, 4) is 29.0 Å². The summed E-state index contributed by atoms with van der Waals surface area (Å²) in [6.45, 7) is 6.47. The summed E-state index contributed by atoms with van der Waals surface area (Å²) in [6, 6.07) is 7.50. The van der Waals surface area contributed by atoms with Crippen LogP contribution in [0.25, 0.3) is 11.1 Å². The van der Waals surface area contributed by atoms with Gasteiger partial charge in [-0.15, -0.1) is 0 Å². The molecule has 2 rings (SSSR count). The van der Waals surface area contributed by atoms with Crippen molar-refractivity contribution in [2.75, 3.05) is 13.7 Å². The number of ether oxygens (including phenoxy) is 2. The molecule has 6 heteroatoms. The topological polar surface area (TPSA) is 94.0 Å². The summed E-state index contributed by atoms with van der Waals surface area (Å²) in [5.41, 5.74) is 7.81. The molecule has 2 N–H and O–H groups in total. The minimum absolute atomic E-state index is 0.299. The highest BCUT2D eigenvalue weighted by molar-refractivity contribution is 5.65. The first-order valence-corrected chi connectivity index (χ1v) is 8.17. The second-order valence-electron chi connectivity index (χ2n) is 6.82. The zero-order valence-electron chi connectivity index (χ0n) is 15.1. The molecule has 25 heavy (non-hydrogen) atoms. The molecular formula is C19H24N4O2. The summed E-state index contributed by atoms with van der Waals surface area (Å²) in [4.78, 5) is 8.38. The van der Waals surface area contributed by atoms with E-state index in [-0.39, 0.29) is 0 Å². The molecule has 0 aliphatic rings. The van der Waals surface area contributed by atoms with Gasteiger partial charge in [0.15, 0.2) is 0 Å². The van der Waals surface area contributed by atoms with E-state index in [4.69, 9.17) is 15.2 Å². The molecular weight excluding hydrogens is 316 g/mol. The second-order valence-corrected chi connectivity index (χ2v) is 6.82. The number of rotatable bonds is 7. The Morgan fingerprint density at radius 1 is 1.28 bits per heavy atom. The molecule has 0 spiro atoms. The van der Waals surface area contributed by atoms with E-state index in [0.29, 0.717) is 29.8 Å². The molecule has 0 amide bonds. The quantitative estimate of drug-likeness (QED) is 0.832. The Balaban J connectivity index is 2.21. The van der Waals surface area contributed by atoms with E-state index >= 15 is 0 Å². The standard InChI is InChI=1S/C19H24N4O2/c1-13(2)9-19(3,21)12-25-18-15(10-20)7-16(11-23-18)14-5-6-22-17(8-14)24-4/h5-8,11,13H,9,12,21H2,1-4H3. The highest BCUT2D eigenvalue weighted by Crippen LogP contribution is 2.26. The fourth-order valence-electron chi connectivity index (χ4n) is 2.73. The van der Waals surface area contributed by atoms with Crippen LogP contribution in [0.1, 0.15) is 32.8 Å². The Labute approximate surface area is 148 Å². The van der Waals surface area contributed by atoms with Crippen LogP contribution in [-0.2, 0) is 0 Å². The van der Waals surface area contributed by atoms with Crippen molar-refractivity contribution in [3.05, 3.63) is 36.2 Å². The smallest absolute Gasteiger partial charge is 0.231 e. The van der Waals surface area contributed by atoms with E-state index in [0.717, 1.165) is 17.5 Å². The molecule has 2 aromatic heterocycles. The van der Waals surface area contributed by atoms with Crippen LogP contribution < -0.4 is 15.2 Å². The average Bonchev–Trinajstić information content (AvgIpc) is 2.58.